The van der Waals surface area contributed by atoms with Gasteiger partial charge in [0.15, 0.2) is 11.5 Å². The number of ether oxygens (including phenoxy) is 2. The first-order chi connectivity index (χ1) is 19.6. The number of carbonyl (C=O) groups excluding carboxylic acids is 1. The summed E-state index contributed by atoms with van der Waals surface area (Å²) in [4.78, 5) is 23.5. The van der Waals surface area contributed by atoms with Crippen molar-refractivity contribution in [2.45, 2.75) is 31.8 Å². The third kappa shape index (κ3) is 4.95. The Morgan fingerprint density at radius 3 is 2.50 bits per heavy atom. The largest absolute Gasteiger partial charge is 0.454 e. The number of pyridine rings is 1. The normalized spacial score (nSPS) is 18.2. The predicted molar refractivity (Wildman–Crippen MR) is 157 cm³/mol. The van der Waals surface area contributed by atoms with E-state index in [0.717, 1.165) is 71.7 Å². The second-order valence-corrected chi connectivity index (χ2v) is 11.2. The van der Waals surface area contributed by atoms with Crippen LogP contribution in [-0.2, 0) is 6.54 Å². The van der Waals surface area contributed by atoms with E-state index in [2.05, 4.69) is 16.3 Å². The van der Waals surface area contributed by atoms with E-state index < -0.39 is 0 Å². The average Bonchev–Trinajstić information content (AvgIpc) is 3.66. The smallest absolute Gasteiger partial charge is 0.254 e. The maximum absolute atomic E-state index is 14.1. The van der Waals surface area contributed by atoms with Gasteiger partial charge in [0.05, 0.1) is 11.1 Å². The van der Waals surface area contributed by atoms with Gasteiger partial charge in [0.25, 0.3) is 5.91 Å². The van der Waals surface area contributed by atoms with Crippen LogP contribution < -0.4 is 14.8 Å². The standard InChI is InChI=1S/C32H31ClN4O3/c33-24-7-3-21(4-8-24)18-34-31-17-27(32(38)37-14-11-25(37)19-36-12-1-2-13-36)26-15-22(5-9-28(26)35-31)23-6-10-29-30(16-23)40-20-39-29/h3-10,15-17,25H,1-2,11-14,18-20H2,(H,34,35)/t25-/m0/s1. The molecule has 4 heterocycles. The van der Waals surface area contributed by atoms with Gasteiger partial charge in [0.1, 0.15) is 5.82 Å². The molecule has 0 saturated carbocycles. The van der Waals surface area contributed by atoms with Gasteiger partial charge in [-0.2, -0.15) is 0 Å². The minimum atomic E-state index is 0.0697. The topological polar surface area (TPSA) is 66.9 Å². The van der Waals surface area contributed by atoms with Gasteiger partial charge in [-0.05, 0) is 91.5 Å². The van der Waals surface area contributed by atoms with Crippen LogP contribution in [0, 0.1) is 0 Å². The summed E-state index contributed by atoms with van der Waals surface area (Å²) in [7, 11) is 0. The highest BCUT2D eigenvalue weighted by atomic mass is 35.5. The molecule has 0 aliphatic carbocycles. The lowest BCUT2D eigenvalue weighted by Crippen LogP contribution is -2.55. The van der Waals surface area contributed by atoms with Crippen LogP contribution in [-0.4, -0.2) is 59.7 Å². The average molecular weight is 555 g/mol. The molecule has 2 saturated heterocycles. The van der Waals surface area contributed by atoms with E-state index in [-0.39, 0.29) is 18.7 Å². The van der Waals surface area contributed by atoms with Gasteiger partial charge >= 0.3 is 0 Å². The van der Waals surface area contributed by atoms with Crippen molar-refractivity contribution in [1.82, 2.24) is 14.8 Å². The molecular weight excluding hydrogens is 524 g/mol. The van der Waals surface area contributed by atoms with Crippen molar-refractivity contribution in [2.24, 2.45) is 0 Å². The van der Waals surface area contributed by atoms with Crippen molar-refractivity contribution in [2.75, 3.05) is 38.3 Å². The first-order valence-electron chi connectivity index (χ1n) is 14.0. The number of amides is 1. The molecule has 1 atom stereocenters. The highest BCUT2D eigenvalue weighted by Crippen LogP contribution is 2.37. The number of benzene rings is 3. The SMILES string of the molecule is O=C(c1cc(NCc2ccc(Cl)cc2)nc2ccc(-c3ccc4c(c3)OCO4)cc12)N1CC[C@H]1CN1CCCC1. The summed E-state index contributed by atoms with van der Waals surface area (Å²) in [6.07, 6.45) is 3.55. The number of carbonyl (C=O) groups is 1. The highest BCUT2D eigenvalue weighted by Gasteiger charge is 2.35. The zero-order chi connectivity index (χ0) is 27.1. The quantitative estimate of drug-likeness (QED) is 0.293. The lowest BCUT2D eigenvalue weighted by Gasteiger charge is -2.43. The van der Waals surface area contributed by atoms with Gasteiger partial charge in [-0.25, -0.2) is 4.98 Å². The van der Waals surface area contributed by atoms with Crippen LogP contribution >= 0.6 is 11.6 Å². The van der Waals surface area contributed by atoms with Gasteiger partial charge in [-0.1, -0.05) is 35.9 Å². The Labute approximate surface area is 238 Å². The van der Waals surface area contributed by atoms with E-state index in [1.807, 2.05) is 65.6 Å². The van der Waals surface area contributed by atoms with E-state index in [9.17, 15) is 4.79 Å². The molecule has 0 radical (unpaired) electrons. The maximum atomic E-state index is 14.1. The second-order valence-electron chi connectivity index (χ2n) is 10.8. The lowest BCUT2D eigenvalue weighted by molar-refractivity contribution is 0.0383. The van der Waals surface area contributed by atoms with Crippen LogP contribution in [0.3, 0.4) is 0 Å². The summed E-state index contributed by atoms with van der Waals surface area (Å²) < 4.78 is 11.1. The van der Waals surface area contributed by atoms with Crippen molar-refractivity contribution < 1.29 is 14.3 Å². The number of anilines is 1. The van der Waals surface area contributed by atoms with Crippen LogP contribution in [0.1, 0.15) is 35.2 Å². The molecule has 7 rings (SSSR count). The summed E-state index contributed by atoms with van der Waals surface area (Å²) >= 11 is 6.06. The molecule has 40 heavy (non-hydrogen) atoms. The molecule has 8 heteroatoms. The van der Waals surface area contributed by atoms with Crippen molar-refractivity contribution in [3.8, 4) is 22.6 Å². The van der Waals surface area contributed by atoms with Gasteiger partial charge in [-0.15, -0.1) is 0 Å². The van der Waals surface area contributed by atoms with Crippen molar-refractivity contribution in [3.63, 3.8) is 0 Å². The van der Waals surface area contributed by atoms with E-state index in [1.165, 1.54) is 12.8 Å². The number of nitrogens with zero attached hydrogens (tertiary/aromatic N) is 3. The molecule has 0 bridgehead atoms. The van der Waals surface area contributed by atoms with Gasteiger partial charge in [-0.3, -0.25) is 4.79 Å². The van der Waals surface area contributed by atoms with Gasteiger partial charge < -0.3 is 24.6 Å². The Morgan fingerprint density at radius 1 is 0.925 bits per heavy atom. The molecule has 2 fully saturated rings. The minimum Gasteiger partial charge on any atom is -0.454 e. The summed E-state index contributed by atoms with van der Waals surface area (Å²) in [5.41, 5.74) is 4.56. The van der Waals surface area contributed by atoms with E-state index in [0.29, 0.717) is 22.9 Å². The Kier molecular flexibility index (Phi) is 6.69. The van der Waals surface area contributed by atoms with Crippen molar-refractivity contribution >= 4 is 34.2 Å². The predicted octanol–water partition coefficient (Wildman–Crippen LogP) is 6.21. The Bertz CT molecular complexity index is 1570. The number of halogens is 1. The molecule has 1 N–H and O–H groups in total. The molecule has 204 valence electrons. The molecule has 1 aromatic heterocycles. The summed E-state index contributed by atoms with van der Waals surface area (Å²) in [5, 5.41) is 4.98. The molecule has 7 nitrogen and oxygen atoms in total. The molecule has 1 amide bonds. The van der Waals surface area contributed by atoms with Crippen LogP contribution in [0.2, 0.25) is 5.02 Å². The third-order valence-electron chi connectivity index (χ3n) is 8.20. The van der Waals surface area contributed by atoms with E-state index >= 15 is 0 Å². The first-order valence-corrected chi connectivity index (χ1v) is 14.3. The number of nitrogens with one attached hydrogen (secondary N) is 1. The number of fused-ring (bicyclic) bond motifs is 2. The number of hydrogen-bond donors (Lipinski definition) is 1. The Morgan fingerprint density at radius 2 is 1.70 bits per heavy atom. The highest BCUT2D eigenvalue weighted by molar-refractivity contribution is 6.30. The van der Waals surface area contributed by atoms with Gasteiger partial charge in [0, 0.05) is 36.1 Å². The summed E-state index contributed by atoms with van der Waals surface area (Å²) in [5.74, 6) is 2.23. The fourth-order valence-electron chi connectivity index (χ4n) is 5.86. The number of likely N-dealkylation sites (tertiary alicyclic amines) is 2. The molecule has 4 aromatic rings. The van der Waals surface area contributed by atoms with Crippen LogP contribution in [0.5, 0.6) is 11.5 Å². The maximum Gasteiger partial charge on any atom is 0.254 e. The van der Waals surface area contributed by atoms with Crippen LogP contribution in [0.4, 0.5) is 5.82 Å². The van der Waals surface area contributed by atoms with Crippen molar-refractivity contribution in [1.29, 1.82) is 0 Å². The Balaban J connectivity index is 1.23. The molecule has 0 unspecified atom stereocenters. The van der Waals surface area contributed by atoms with E-state index in [1.54, 1.807) is 0 Å². The fourth-order valence-corrected chi connectivity index (χ4v) is 5.99. The monoisotopic (exact) mass is 554 g/mol. The molecule has 3 aromatic carbocycles. The summed E-state index contributed by atoms with van der Waals surface area (Å²) in [6, 6.07) is 22.0. The zero-order valence-corrected chi connectivity index (χ0v) is 23.0. The molecule has 3 aliphatic heterocycles. The molecule has 3 aliphatic rings. The van der Waals surface area contributed by atoms with E-state index in [4.69, 9.17) is 26.1 Å². The van der Waals surface area contributed by atoms with Crippen LogP contribution in [0.25, 0.3) is 22.0 Å². The second kappa shape index (κ2) is 10.6. The van der Waals surface area contributed by atoms with Crippen LogP contribution in [0.15, 0.2) is 66.7 Å². The Hall–Kier alpha value is -3.81. The first kappa shape index (κ1) is 25.2. The number of aromatic nitrogens is 1. The number of hydrogen-bond acceptors (Lipinski definition) is 6. The third-order valence-corrected chi connectivity index (χ3v) is 8.46. The zero-order valence-electron chi connectivity index (χ0n) is 22.2. The summed E-state index contributed by atoms with van der Waals surface area (Å²) in [6.45, 7) is 4.83. The molecular formula is C32H31ClN4O3. The molecule has 0 spiro atoms. The number of rotatable bonds is 7. The minimum absolute atomic E-state index is 0.0697. The van der Waals surface area contributed by atoms with Crippen molar-refractivity contribution in [3.05, 3.63) is 82.9 Å². The fraction of sp³-hybridized carbons (Fsp3) is 0.312. The van der Waals surface area contributed by atoms with Gasteiger partial charge in [0.2, 0.25) is 6.79 Å². The lowest BCUT2D eigenvalue weighted by atomic mass is 9.97.